The van der Waals surface area contributed by atoms with E-state index in [9.17, 15) is 4.79 Å². The average Bonchev–Trinajstić information content (AvgIpc) is 2.69. The first-order chi connectivity index (χ1) is 8.40. The Kier molecular flexibility index (Phi) is 3.11. The topological polar surface area (TPSA) is 44.1 Å². The Labute approximate surface area is 107 Å². The minimum atomic E-state index is -0.496. The van der Waals surface area contributed by atoms with Crippen molar-refractivity contribution in [3.8, 4) is 0 Å². The van der Waals surface area contributed by atoms with Crippen molar-refractivity contribution in [2.24, 2.45) is 0 Å². The molecule has 0 aliphatic carbocycles. The summed E-state index contributed by atoms with van der Waals surface area (Å²) in [6.45, 7) is 7.61. The molecule has 0 atom stereocenters. The van der Waals surface area contributed by atoms with Gasteiger partial charge in [-0.1, -0.05) is 6.92 Å². The van der Waals surface area contributed by atoms with Crippen LogP contribution < -0.4 is 0 Å². The van der Waals surface area contributed by atoms with Crippen LogP contribution in [0.1, 0.15) is 33.4 Å². The zero-order chi connectivity index (χ0) is 13.3. The maximum absolute atomic E-state index is 12.0. The van der Waals surface area contributed by atoms with Crippen molar-refractivity contribution in [3.05, 3.63) is 30.2 Å². The second kappa shape index (κ2) is 4.44. The smallest absolute Gasteiger partial charge is 0.419 e. The molecule has 0 bridgehead atoms. The molecule has 0 saturated heterocycles. The lowest BCUT2D eigenvalue weighted by molar-refractivity contribution is 0.0544. The van der Waals surface area contributed by atoms with Crippen molar-refractivity contribution >= 4 is 17.0 Å². The van der Waals surface area contributed by atoms with E-state index in [1.54, 1.807) is 12.4 Å². The molecule has 2 heterocycles. The zero-order valence-corrected chi connectivity index (χ0v) is 11.2. The van der Waals surface area contributed by atoms with Crippen LogP contribution in [-0.2, 0) is 11.2 Å². The van der Waals surface area contributed by atoms with Gasteiger partial charge in [-0.05, 0) is 39.3 Å². The van der Waals surface area contributed by atoms with Gasteiger partial charge in [0.25, 0.3) is 0 Å². The normalized spacial score (nSPS) is 11.8. The van der Waals surface area contributed by atoms with Gasteiger partial charge in [0.1, 0.15) is 5.60 Å². The van der Waals surface area contributed by atoms with E-state index in [1.807, 2.05) is 32.9 Å². The first-order valence-electron chi connectivity index (χ1n) is 6.10. The van der Waals surface area contributed by atoms with Crippen LogP contribution >= 0.6 is 0 Å². The second-order valence-corrected chi connectivity index (χ2v) is 5.25. The van der Waals surface area contributed by atoms with Gasteiger partial charge >= 0.3 is 6.09 Å². The molecule has 0 amide bonds. The van der Waals surface area contributed by atoms with Gasteiger partial charge in [0.05, 0.1) is 11.7 Å². The predicted octanol–water partition coefficient (Wildman–Crippen LogP) is 3.38. The van der Waals surface area contributed by atoms with Gasteiger partial charge in [-0.15, -0.1) is 0 Å². The van der Waals surface area contributed by atoms with Gasteiger partial charge < -0.3 is 4.74 Å². The predicted molar refractivity (Wildman–Crippen MR) is 70.7 cm³/mol. The van der Waals surface area contributed by atoms with E-state index < -0.39 is 5.60 Å². The minimum Gasteiger partial charge on any atom is -0.443 e. The standard InChI is InChI=1S/C14H18N2O2/c1-5-11-8-10-6-7-16(12(10)9-15-11)13(17)18-14(2,3)4/h6-9H,5H2,1-4H3. The largest absolute Gasteiger partial charge is 0.443 e. The highest BCUT2D eigenvalue weighted by Gasteiger charge is 2.19. The average molecular weight is 246 g/mol. The van der Waals surface area contributed by atoms with Crippen molar-refractivity contribution in [1.82, 2.24) is 9.55 Å². The number of carbonyl (C=O) groups excluding carboxylic acids is 1. The lowest BCUT2D eigenvalue weighted by Gasteiger charge is -2.19. The van der Waals surface area contributed by atoms with E-state index in [0.717, 1.165) is 23.0 Å². The number of nitrogens with zero attached hydrogens (tertiary/aromatic N) is 2. The first kappa shape index (κ1) is 12.6. The Morgan fingerprint density at radius 3 is 2.78 bits per heavy atom. The molecule has 0 aromatic carbocycles. The Morgan fingerprint density at radius 1 is 1.44 bits per heavy atom. The van der Waals surface area contributed by atoms with Crippen LogP contribution in [0.5, 0.6) is 0 Å². The van der Waals surface area contributed by atoms with Gasteiger partial charge in [-0.25, -0.2) is 4.79 Å². The molecule has 0 unspecified atom stereocenters. The van der Waals surface area contributed by atoms with Crippen LogP contribution in [0.2, 0.25) is 0 Å². The molecular weight excluding hydrogens is 228 g/mol. The summed E-state index contributed by atoms with van der Waals surface area (Å²) in [4.78, 5) is 16.3. The molecule has 18 heavy (non-hydrogen) atoms. The Balaban J connectivity index is 2.38. The highest BCUT2D eigenvalue weighted by Crippen LogP contribution is 2.18. The fourth-order valence-corrected chi connectivity index (χ4v) is 1.74. The Hall–Kier alpha value is -1.84. The third-order valence-corrected chi connectivity index (χ3v) is 2.59. The molecule has 0 fully saturated rings. The summed E-state index contributed by atoms with van der Waals surface area (Å²) in [6.07, 6.45) is 3.95. The van der Waals surface area contributed by atoms with Crippen LogP contribution in [0, 0.1) is 0 Å². The number of aryl methyl sites for hydroxylation is 1. The molecule has 4 nitrogen and oxygen atoms in total. The fourth-order valence-electron chi connectivity index (χ4n) is 1.74. The summed E-state index contributed by atoms with van der Waals surface area (Å²) in [7, 11) is 0. The number of fused-ring (bicyclic) bond motifs is 1. The molecule has 0 radical (unpaired) electrons. The molecule has 2 aromatic heterocycles. The van der Waals surface area contributed by atoms with Gasteiger partial charge in [0, 0.05) is 17.3 Å². The number of carbonyl (C=O) groups is 1. The lowest BCUT2D eigenvalue weighted by Crippen LogP contribution is -2.26. The maximum Gasteiger partial charge on any atom is 0.419 e. The third-order valence-electron chi connectivity index (χ3n) is 2.59. The summed E-state index contributed by atoms with van der Waals surface area (Å²) in [5.41, 5.74) is 1.30. The third kappa shape index (κ3) is 2.53. The molecule has 0 saturated carbocycles. The molecule has 96 valence electrons. The minimum absolute atomic E-state index is 0.372. The van der Waals surface area contributed by atoms with Gasteiger partial charge in [-0.2, -0.15) is 0 Å². The number of hydrogen-bond acceptors (Lipinski definition) is 3. The van der Waals surface area contributed by atoms with Gasteiger partial charge in [0.2, 0.25) is 0 Å². The molecule has 0 N–H and O–H groups in total. The number of rotatable bonds is 1. The Bertz CT molecular complexity index is 579. The van der Waals surface area contributed by atoms with Crippen LogP contribution in [0.15, 0.2) is 24.5 Å². The van der Waals surface area contributed by atoms with Crippen molar-refractivity contribution in [1.29, 1.82) is 0 Å². The van der Waals surface area contributed by atoms with Crippen molar-refractivity contribution in [2.45, 2.75) is 39.7 Å². The highest BCUT2D eigenvalue weighted by atomic mass is 16.6. The summed E-state index contributed by atoms with van der Waals surface area (Å²) < 4.78 is 6.84. The second-order valence-electron chi connectivity index (χ2n) is 5.25. The van der Waals surface area contributed by atoms with E-state index >= 15 is 0 Å². The number of aromatic nitrogens is 2. The first-order valence-corrected chi connectivity index (χ1v) is 6.10. The molecule has 0 aliphatic rings. The molecule has 2 rings (SSSR count). The number of hydrogen-bond donors (Lipinski definition) is 0. The van der Waals surface area contributed by atoms with Crippen LogP contribution in [0.4, 0.5) is 4.79 Å². The summed E-state index contributed by atoms with van der Waals surface area (Å²) in [5, 5.41) is 1.01. The monoisotopic (exact) mass is 246 g/mol. The van der Waals surface area contributed by atoms with Crippen LogP contribution in [0.25, 0.3) is 10.9 Å². The van der Waals surface area contributed by atoms with Crippen LogP contribution in [0.3, 0.4) is 0 Å². The van der Waals surface area contributed by atoms with Crippen molar-refractivity contribution < 1.29 is 9.53 Å². The van der Waals surface area contributed by atoms with E-state index in [-0.39, 0.29) is 6.09 Å². The highest BCUT2D eigenvalue weighted by molar-refractivity contribution is 5.89. The molecule has 0 aliphatic heterocycles. The zero-order valence-electron chi connectivity index (χ0n) is 11.2. The lowest BCUT2D eigenvalue weighted by atomic mass is 10.2. The van der Waals surface area contributed by atoms with Crippen molar-refractivity contribution in [2.75, 3.05) is 0 Å². The Morgan fingerprint density at radius 2 is 2.17 bits per heavy atom. The van der Waals surface area contributed by atoms with E-state index in [2.05, 4.69) is 11.9 Å². The van der Waals surface area contributed by atoms with Gasteiger partial charge in [-0.3, -0.25) is 9.55 Å². The molecule has 0 spiro atoms. The van der Waals surface area contributed by atoms with Crippen LogP contribution in [-0.4, -0.2) is 21.2 Å². The fraction of sp³-hybridized carbons (Fsp3) is 0.429. The van der Waals surface area contributed by atoms with E-state index in [1.165, 1.54) is 4.57 Å². The van der Waals surface area contributed by atoms with Gasteiger partial charge in [0.15, 0.2) is 0 Å². The molecular formula is C14H18N2O2. The molecule has 2 aromatic rings. The summed E-state index contributed by atoms with van der Waals surface area (Å²) >= 11 is 0. The van der Waals surface area contributed by atoms with E-state index in [4.69, 9.17) is 4.74 Å². The summed E-state index contributed by atoms with van der Waals surface area (Å²) in [6, 6.07) is 3.90. The SMILES string of the molecule is CCc1cc2ccn(C(=O)OC(C)(C)C)c2cn1. The maximum atomic E-state index is 12.0. The molecule has 4 heteroatoms. The summed E-state index contributed by atoms with van der Waals surface area (Å²) in [5.74, 6) is 0. The quantitative estimate of drug-likeness (QED) is 0.774. The van der Waals surface area contributed by atoms with E-state index in [0.29, 0.717) is 0 Å². The number of ether oxygens (including phenoxy) is 1. The van der Waals surface area contributed by atoms with Crippen molar-refractivity contribution in [3.63, 3.8) is 0 Å². The number of pyridine rings is 1.